The van der Waals surface area contributed by atoms with Gasteiger partial charge < -0.3 is 15.1 Å². The zero-order valence-electron chi connectivity index (χ0n) is 11.0. The molecule has 0 aliphatic heterocycles. The lowest BCUT2D eigenvalue weighted by Gasteiger charge is -2.07. The van der Waals surface area contributed by atoms with E-state index < -0.39 is 0 Å². The van der Waals surface area contributed by atoms with Crippen molar-refractivity contribution in [2.45, 2.75) is 18.9 Å². The molecule has 0 spiro atoms. The van der Waals surface area contributed by atoms with Crippen LogP contribution < -0.4 is 10.6 Å². The number of aryl methyl sites for hydroxylation is 1. The van der Waals surface area contributed by atoms with Crippen LogP contribution >= 0.6 is 0 Å². The van der Waals surface area contributed by atoms with Crippen molar-refractivity contribution in [1.82, 2.24) is 19.7 Å². The van der Waals surface area contributed by atoms with Crippen LogP contribution in [0.2, 0.25) is 0 Å². The lowest BCUT2D eigenvalue weighted by molar-refractivity contribution is 0.614. The molecule has 3 aromatic rings. The number of nitrogens with zero attached hydrogens (tertiary/aromatic N) is 4. The normalized spacial score (nSPS) is 14.7. The van der Waals surface area contributed by atoms with Crippen molar-refractivity contribution in [1.29, 1.82) is 0 Å². The third kappa shape index (κ3) is 2.07. The van der Waals surface area contributed by atoms with E-state index in [1.165, 1.54) is 12.8 Å². The molecule has 1 fully saturated rings. The highest BCUT2D eigenvalue weighted by molar-refractivity contribution is 5.85. The molecule has 3 heterocycles. The van der Waals surface area contributed by atoms with Crippen molar-refractivity contribution < 1.29 is 4.42 Å². The van der Waals surface area contributed by atoms with Crippen molar-refractivity contribution >= 4 is 28.6 Å². The fourth-order valence-electron chi connectivity index (χ4n) is 2.05. The maximum atomic E-state index is 5.46. The van der Waals surface area contributed by atoms with Gasteiger partial charge in [-0.25, -0.2) is 4.98 Å². The summed E-state index contributed by atoms with van der Waals surface area (Å²) in [6, 6.07) is 2.34. The molecule has 20 heavy (non-hydrogen) atoms. The molecule has 0 unspecified atom stereocenters. The molecule has 2 N–H and O–H groups in total. The topological polar surface area (TPSA) is 80.8 Å². The summed E-state index contributed by atoms with van der Waals surface area (Å²) in [5.41, 5.74) is 2.34. The maximum absolute atomic E-state index is 5.46. The van der Waals surface area contributed by atoms with Gasteiger partial charge in [-0.2, -0.15) is 10.1 Å². The molecule has 7 nitrogen and oxygen atoms in total. The first kappa shape index (κ1) is 11.3. The van der Waals surface area contributed by atoms with Crippen LogP contribution in [0.3, 0.4) is 0 Å². The minimum Gasteiger partial charge on any atom is -0.459 e. The number of aromatic nitrogens is 4. The molecule has 7 heteroatoms. The molecule has 0 aromatic carbocycles. The van der Waals surface area contributed by atoms with E-state index in [9.17, 15) is 0 Å². The quantitative estimate of drug-likeness (QED) is 0.757. The first-order valence-corrected chi connectivity index (χ1v) is 6.55. The predicted molar refractivity (Wildman–Crippen MR) is 74.9 cm³/mol. The Morgan fingerprint density at radius 2 is 2.25 bits per heavy atom. The minimum atomic E-state index is 0.504. The number of furan rings is 1. The number of rotatable bonds is 4. The zero-order valence-corrected chi connectivity index (χ0v) is 11.0. The molecular formula is C13H14N6O. The molecule has 1 saturated carbocycles. The first-order chi connectivity index (χ1) is 9.78. The molecule has 0 bridgehead atoms. The average Bonchev–Trinajstić information content (AvgIpc) is 2.94. The van der Waals surface area contributed by atoms with E-state index in [4.69, 9.17) is 4.42 Å². The van der Waals surface area contributed by atoms with Gasteiger partial charge in [-0.15, -0.1) is 0 Å². The van der Waals surface area contributed by atoms with Gasteiger partial charge in [-0.3, -0.25) is 4.68 Å². The van der Waals surface area contributed by atoms with Gasteiger partial charge >= 0.3 is 0 Å². The third-order valence-electron chi connectivity index (χ3n) is 3.18. The van der Waals surface area contributed by atoms with Gasteiger partial charge in [0.15, 0.2) is 11.4 Å². The Morgan fingerprint density at radius 3 is 3.00 bits per heavy atom. The summed E-state index contributed by atoms with van der Waals surface area (Å²) < 4.78 is 7.18. The molecule has 0 amide bonds. The second kappa shape index (κ2) is 4.22. The molecule has 0 atom stereocenters. The molecular weight excluding hydrogens is 256 g/mol. The van der Waals surface area contributed by atoms with Crippen molar-refractivity contribution in [3.63, 3.8) is 0 Å². The highest BCUT2D eigenvalue weighted by atomic mass is 16.3. The lowest BCUT2D eigenvalue weighted by Crippen LogP contribution is -2.06. The van der Waals surface area contributed by atoms with E-state index in [0.29, 0.717) is 17.6 Å². The first-order valence-electron chi connectivity index (χ1n) is 6.55. The standard InChI is InChI=1S/C13H14N6O/c1-19-7-9(6-14-19)16-13-17-10-4-5-20-11(10)12(18-13)15-8-2-3-8/h4-8H,2-3H2,1H3,(H2,15,16,17,18). The summed E-state index contributed by atoms with van der Waals surface area (Å²) in [4.78, 5) is 8.93. The SMILES string of the molecule is Cn1cc(Nc2nc(NC3CC3)c3occc3n2)cn1. The molecule has 4 rings (SSSR count). The van der Waals surface area contributed by atoms with E-state index >= 15 is 0 Å². The highest BCUT2D eigenvalue weighted by Crippen LogP contribution is 2.29. The fraction of sp³-hybridized carbons (Fsp3) is 0.308. The molecule has 1 aliphatic rings. The molecule has 0 radical (unpaired) electrons. The Kier molecular flexibility index (Phi) is 2.38. The van der Waals surface area contributed by atoms with Crippen LogP contribution in [0.25, 0.3) is 11.1 Å². The predicted octanol–water partition coefficient (Wildman–Crippen LogP) is 2.27. The number of hydrogen-bond donors (Lipinski definition) is 2. The van der Waals surface area contributed by atoms with Gasteiger partial charge in [0.25, 0.3) is 0 Å². The van der Waals surface area contributed by atoms with Crippen molar-refractivity contribution in [3.8, 4) is 0 Å². The Labute approximate surface area is 115 Å². The summed E-state index contributed by atoms with van der Waals surface area (Å²) in [5, 5.41) is 10.6. The largest absolute Gasteiger partial charge is 0.459 e. The van der Waals surface area contributed by atoms with Gasteiger partial charge in [-0.1, -0.05) is 0 Å². The second-order valence-electron chi connectivity index (χ2n) is 4.98. The molecule has 3 aromatic heterocycles. The number of nitrogens with one attached hydrogen (secondary N) is 2. The van der Waals surface area contributed by atoms with E-state index in [1.54, 1.807) is 17.1 Å². The van der Waals surface area contributed by atoms with E-state index in [1.807, 2.05) is 19.3 Å². The van der Waals surface area contributed by atoms with Crippen LogP contribution in [-0.2, 0) is 7.05 Å². The van der Waals surface area contributed by atoms with E-state index in [-0.39, 0.29) is 0 Å². The molecule has 1 aliphatic carbocycles. The van der Waals surface area contributed by atoms with Crippen molar-refractivity contribution in [2.75, 3.05) is 10.6 Å². The number of hydrogen-bond acceptors (Lipinski definition) is 6. The second-order valence-corrected chi connectivity index (χ2v) is 4.98. The number of anilines is 3. The zero-order chi connectivity index (χ0) is 13.5. The summed E-state index contributed by atoms with van der Waals surface area (Å²) in [5.74, 6) is 1.28. The average molecular weight is 270 g/mol. The van der Waals surface area contributed by atoms with Crippen molar-refractivity contribution in [2.24, 2.45) is 7.05 Å². The smallest absolute Gasteiger partial charge is 0.230 e. The van der Waals surface area contributed by atoms with Crippen molar-refractivity contribution in [3.05, 3.63) is 24.7 Å². The Bertz CT molecular complexity index is 757. The van der Waals surface area contributed by atoms with Gasteiger partial charge in [0.2, 0.25) is 5.95 Å². The Hall–Kier alpha value is -2.57. The summed E-state index contributed by atoms with van der Waals surface area (Å²) >= 11 is 0. The highest BCUT2D eigenvalue weighted by Gasteiger charge is 2.23. The third-order valence-corrected chi connectivity index (χ3v) is 3.18. The summed E-state index contributed by atoms with van der Waals surface area (Å²) in [6.45, 7) is 0. The van der Waals surface area contributed by atoms with Crippen LogP contribution in [0.15, 0.2) is 29.1 Å². The van der Waals surface area contributed by atoms with Gasteiger partial charge in [0, 0.05) is 25.4 Å². The number of fused-ring (bicyclic) bond motifs is 1. The van der Waals surface area contributed by atoms with Gasteiger partial charge in [0.05, 0.1) is 18.1 Å². The summed E-state index contributed by atoms with van der Waals surface area (Å²) in [7, 11) is 1.87. The van der Waals surface area contributed by atoms with Gasteiger partial charge in [0.1, 0.15) is 5.52 Å². The van der Waals surface area contributed by atoms with Crippen LogP contribution in [0.4, 0.5) is 17.5 Å². The van der Waals surface area contributed by atoms with Crippen LogP contribution in [0.5, 0.6) is 0 Å². The van der Waals surface area contributed by atoms with Crippen LogP contribution in [-0.4, -0.2) is 25.8 Å². The fourth-order valence-corrected chi connectivity index (χ4v) is 2.05. The monoisotopic (exact) mass is 270 g/mol. The molecule has 0 saturated heterocycles. The summed E-state index contributed by atoms with van der Waals surface area (Å²) in [6.07, 6.45) is 7.59. The molecule has 102 valence electrons. The van der Waals surface area contributed by atoms with Gasteiger partial charge in [-0.05, 0) is 12.8 Å². The van der Waals surface area contributed by atoms with E-state index in [0.717, 1.165) is 17.0 Å². The minimum absolute atomic E-state index is 0.504. The Morgan fingerprint density at radius 1 is 1.35 bits per heavy atom. The van der Waals surface area contributed by atoms with Crippen LogP contribution in [0, 0.1) is 0 Å². The maximum Gasteiger partial charge on any atom is 0.230 e. The van der Waals surface area contributed by atoms with E-state index in [2.05, 4.69) is 25.7 Å². The van der Waals surface area contributed by atoms with Crippen LogP contribution in [0.1, 0.15) is 12.8 Å². The Balaban J connectivity index is 1.71. The lowest BCUT2D eigenvalue weighted by atomic mass is 10.4.